The van der Waals surface area contributed by atoms with Crippen LogP contribution in [0.15, 0.2) is 60.7 Å². The largest absolute Gasteiger partial charge is 0.469 e. The topological polar surface area (TPSA) is 72.5 Å². The van der Waals surface area contributed by atoms with Crippen molar-refractivity contribution in [2.75, 3.05) is 7.11 Å². The van der Waals surface area contributed by atoms with Crippen molar-refractivity contribution in [2.24, 2.45) is 5.92 Å². The van der Waals surface area contributed by atoms with Gasteiger partial charge in [0.1, 0.15) is 6.10 Å². The zero-order chi connectivity index (χ0) is 35.0. The third kappa shape index (κ3) is 11.3. The fourth-order valence-electron chi connectivity index (χ4n) is 5.25. The Labute approximate surface area is 287 Å². The van der Waals surface area contributed by atoms with Crippen molar-refractivity contribution in [1.29, 1.82) is 0 Å². The van der Waals surface area contributed by atoms with E-state index in [1.165, 1.54) is 7.11 Å². The molecule has 0 aliphatic carbocycles. The molecule has 0 spiro atoms. The summed E-state index contributed by atoms with van der Waals surface area (Å²) in [5.41, 5.74) is 2.16. The molecular weight excluding hydrogens is 625 g/mol. The minimum atomic E-state index is -2.24. The molecule has 0 aromatic heterocycles. The quantitative estimate of drug-likeness (QED) is 0.137. The molecule has 47 heavy (non-hydrogen) atoms. The average Bonchev–Trinajstić information content (AvgIpc) is 3.00. The number of hydrogen-bond donors (Lipinski definition) is 0. The predicted octanol–water partition coefficient (Wildman–Crippen LogP) is 9.27. The van der Waals surface area contributed by atoms with E-state index < -0.39 is 22.9 Å². The SMILES string of the molecule is COC(=O)CCC(C[C@@H]1O[C@H](OCc2ccccc2)[C@@H](O[Si](C)(C)C(C)(C)C)[C@H](C)[C@@H]1O[Si](C)(C)C(C)(C)C)OCc1ccccc1. The van der Waals surface area contributed by atoms with E-state index in [0.717, 1.165) is 11.1 Å². The highest BCUT2D eigenvalue weighted by atomic mass is 28.4. The molecule has 2 aromatic rings. The standard InChI is InChI=1S/C38H62O7Si2/c1-28-34(44-46(9,10)37(2,3)4)32(25-31(23-24-33(39)40-8)41-26-29-19-15-13-16-20-29)43-36(42-27-30-21-17-14-18-22-30)35(28)45-47(11,12)38(5,6)7/h13-22,28,31-32,34-36H,23-27H2,1-12H3/t28-,31?,32+,34+,35+,36+/m1/s1. The molecule has 0 saturated carbocycles. The molecule has 1 aliphatic rings. The number of benzene rings is 2. The van der Waals surface area contributed by atoms with Crippen molar-refractivity contribution in [1.82, 2.24) is 0 Å². The Bertz CT molecular complexity index is 1220. The number of esters is 1. The van der Waals surface area contributed by atoms with Crippen molar-refractivity contribution >= 4 is 22.6 Å². The molecule has 1 unspecified atom stereocenters. The lowest BCUT2D eigenvalue weighted by molar-refractivity contribution is -0.284. The van der Waals surface area contributed by atoms with Gasteiger partial charge in [-0.3, -0.25) is 4.79 Å². The summed E-state index contributed by atoms with van der Waals surface area (Å²) in [5, 5.41) is 0.00932. The highest BCUT2D eigenvalue weighted by Gasteiger charge is 2.52. The minimum Gasteiger partial charge on any atom is -0.469 e. The summed E-state index contributed by atoms with van der Waals surface area (Å²) in [7, 11) is -3.04. The normalized spacial score (nSPS) is 23.4. The maximum absolute atomic E-state index is 12.3. The van der Waals surface area contributed by atoms with Crippen LogP contribution in [-0.4, -0.2) is 60.4 Å². The van der Waals surface area contributed by atoms with Crippen LogP contribution < -0.4 is 0 Å². The van der Waals surface area contributed by atoms with Gasteiger partial charge in [0, 0.05) is 18.8 Å². The van der Waals surface area contributed by atoms with E-state index in [9.17, 15) is 4.79 Å². The van der Waals surface area contributed by atoms with Gasteiger partial charge in [0.05, 0.1) is 38.6 Å². The van der Waals surface area contributed by atoms with Crippen molar-refractivity contribution in [3.8, 4) is 0 Å². The Hall–Kier alpha value is -1.86. The number of ether oxygens (including phenoxy) is 4. The minimum absolute atomic E-state index is 0.00179. The third-order valence-electron chi connectivity index (χ3n) is 10.4. The second kappa shape index (κ2) is 16.7. The fourth-order valence-corrected chi connectivity index (χ4v) is 8.01. The zero-order valence-electron chi connectivity index (χ0n) is 31.1. The van der Waals surface area contributed by atoms with E-state index in [-0.39, 0.29) is 52.8 Å². The van der Waals surface area contributed by atoms with Gasteiger partial charge in [-0.25, -0.2) is 0 Å². The Morgan fingerprint density at radius 2 is 1.28 bits per heavy atom. The van der Waals surface area contributed by atoms with Gasteiger partial charge in [-0.1, -0.05) is 109 Å². The summed E-state index contributed by atoms with van der Waals surface area (Å²) in [4.78, 5) is 12.3. The fraction of sp³-hybridized carbons (Fsp3) is 0.658. The van der Waals surface area contributed by atoms with E-state index >= 15 is 0 Å². The summed E-state index contributed by atoms with van der Waals surface area (Å²) in [6.07, 6.45) is -0.434. The summed E-state index contributed by atoms with van der Waals surface area (Å²) in [6, 6.07) is 20.3. The molecule has 264 valence electrons. The van der Waals surface area contributed by atoms with Crippen LogP contribution in [0.3, 0.4) is 0 Å². The van der Waals surface area contributed by atoms with Gasteiger partial charge in [-0.15, -0.1) is 0 Å². The van der Waals surface area contributed by atoms with Crippen molar-refractivity contribution in [2.45, 2.75) is 148 Å². The van der Waals surface area contributed by atoms with E-state index in [2.05, 4.69) is 98.9 Å². The van der Waals surface area contributed by atoms with E-state index in [1.54, 1.807) is 0 Å². The monoisotopic (exact) mass is 686 g/mol. The molecule has 1 aliphatic heterocycles. The molecule has 1 saturated heterocycles. The molecule has 0 bridgehead atoms. The Kier molecular flexibility index (Phi) is 14.1. The van der Waals surface area contributed by atoms with Gasteiger partial charge in [-0.2, -0.15) is 0 Å². The Morgan fingerprint density at radius 3 is 1.77 bits per heavy atom. The van der Waals surface area contributed by atoms with E-state index in [1.807, 2.05) is 36.4 Å². The lowest BCUT2D eigenvalue weighted by Crippen LogP contribution is -2.62. The lowest BCUT2D eigenvalue weighted by atomic mass is 9.87. The summed E-state index contributed by atoms with van der Waals surface area (Å²) in [5.74, 6) is -0.273. The molecule has 6 atom stereocenters. The number of rotatable bonds is 15. The highest BCUT2D eigenvalue weighted by Crippen LogP contribution is 2.45. The summed E-state index contributed by atoms with van der Waals surface area (Å²) >= 11 is 0. The molecule has 2 aromatic carbocycles. The van der Waals surface area contributed by atoms with Crippen LogP contribution in [0.5, 0.6) is 0 Å². The first-order valence-corrected chi connectivity index (χ1v) is 23.1. The van der Waals surface area contributed by atoms with Crippen LogP contribution in [0.4, 0.5) is 0 Å². The van der Waals surface area contributed by atoms with Gasteiger partial charge >= 0.3 is 5.97 Å². The van der Waals surface area contributed by atoms with Crippen LogP contribution in [0.2, 0.25) is 36.3 Å². The van der Waals surface area contributed by atoms with Crippen molar-refractivity contribution < 1.29 is 32.6 Å². The second-order valence-corrected chi connectivity index (χ2v) is 25.7. The maximum Gasteiger partial charge on any atom is 0.305 e. The Morgan fingerprint density at radius 1 is 0.787 bits per heavy atom. The first kappa shape index (κ1) is 39.6. The van der Waals surface area contributed by atoms with E-state index in [4.69, 9.17) is 27.8 Å². The third-order valence-corrected chi connectivity index (χ3v) is 19.4. The molecular formula is C38H62O7Si2. The second-order valence-electron chi connectivity index (χ2n) is 16.2. The summed E-state index contributed by atoms with van der Waals surface area (Å²) in [6.45, 7) is 25.8. The van der Waals surface area contributed by atoms with Crippen molar-refractivity contribution in [3.63, 3.8) is 0 Å². The highest BCUT2D eigenvalue weighted by molar-refractivity contribution is 6.74. The molecule has 1 heterocycles. The van der Waals surface area contributed by atoms with Gasteiger partial charge in [0.25, 0.3) is 0 Å². The number of hydrogen-bond acceptors (Lipinski definition) is 7. The van der Waals surface area contributed by atoms with Gasteiger partial charge < -0.3 is 27.8 Å². The van der Waals surface area contributed by atoms with Gasteiger partial charge in [0.15, 0.2) is 22.9 Å². The number of methoxy groups -OCH3 is 1. The van der Waals surface area contributed by atoms with E-state index in [0.29, 0.717) is 26.1 Å². The summed E-state index contributed by atoms with van der Waals surface area (Å²) < 4.78 is 39.6. The molecule has 0 amide bonds. The maximum atomic E-state index is 12.3. The van der Waals surface area contributed by atoms with Gasteiger partial charge in [0.2, 0.25) is 0 Å². The van der Waals surface area contributed by atoms with Crippen LogP contribution in [0.25, 0.3) is 0 Å². The molecule has 7 nitrogen and oxygen atoms in total. The molecule has 3 rings (SSSR count). The van der Waals surface area contributed by atoms with Crippen LogP contribution in [0, 0.1) is 5.92 Å². The number of carbonyl (C=O) groups excluding carboxylic acids is 1. The van der Waals surface area contributed by atoms with Crippen LogP contribution in [0.1, 0.15) is 78.9 Å². The molecule has 0 N–H and O–H groups in total. The molecule has 0 radical (unpaired) electrons. The first-order chi connectivity index (χ1) is 21.8. The average molecular weight is 687 g/mol. The smallest absolute Gasteiger partial charge is 0.305 e. The first-order valence-electron chi connectivity index (χ1n) is 17.2. The lowest BCUT2D eigenvalue weighted by Gasteiger charge is -2.52. The number of carbonyl (C=O) groups is 1. The molecule has 1 fully saturated rings. The van der Waals surface area contributed by atoms with Crippen molar-refractivity contribution in [3.05, 3.63) is 71.8 Å². The predicted molar refractivity (Wildman–Crippen MR) is 194 cm³/mol. The van der Waals surface area contributed by atoms with Crippen LogP contribution in [-0.2, 0) is 45.8 Å². The van der Waals surface area contributed by atoms with Crippen LogP contribution >= 0.6 is 0 Å². The molecule has 9 heteroatoms. The zero-order valence-corrected chi connectivity index (χ0v) is 33.1. The Balaban J connectivity index is 2.00. The van der Waals surface area contributed by atoms with Gasteiger partial charge in [-0.05, 0) is 53.8 Å².